The van der Waals surface area contributed by atoms with Crippen molar-refractivity contribution >= 4 is 21.7 Å². The van der Waals surface area contributed by atoms with E-state index in [2.05, 4.69) is 5.16 Å². The fourth-order valence-corrected chi connectivity index (χ4v) is 4.93. The van der Waals surface area contributed by atoms with E-state index in [9.17, 15) is 13.2 Å². The third-order valence-corrected chi connectivity index (χ3v) is 6.98. The maximum absolute atomic E-state index is 13.8. The Morgan fingerprint density at radius 3 is 2.37 bits per heavy atom. The van der Waals surface area contributed by atoms with E-state index in [-0.39, 0.29) is 23.6 Å². The minimum atomic E-state index is -4.04. The second kappa shape index (κ2) is 10.4. The molecule has 9 heteroatoms. The van der Waals surface area contributed by atoms with Crippen LogP contribution in [0.2, 0.25) is 0 Å². The van der Waals surface area contributed by atoms with Gasteiger partial charge in [-0.25, -0.2) is 13.2 Å². The number of ether oxygens (including phenoxy) is 2. The molecule has 35 heavy (non-hydrogen) atoms. The highest BCUT2D eigenvalue weighted by Crippen LogP contribution is 2.28. The molecule has 0 radical (unpaired) electrons. The van der Waals surface area contributed by atoms with E-state index in [0.717, 1.165) is 5.56 Å². The smallest absolute Gasteiger partial charge is 0.338 e. The van der Waals surface area contributed by atoms with Crippen LogP contribution in [-0.2, 0) is 27.9 Å². The van der Waals surface area contributed by atoms with Gasteiger partial charge in [0, 0.05) is 6.07 Å². The number of sulfonamides is 1. The van der Waals surface area contributed by atoms with Gasteiger partial charge in [-0.1, -0.05) is 41.6 Å². The molecule has 1 aromatic heterocycles. The molecule has 180 valence electrons. The zero-order chi connectivity index (χ0) is 24.8. The number of hydrogen-bond acceptors (Lipinski definition) is 7. The zero-order valence-electron chi connectivity index (χ0n) is 19.2. The van der Waals surface area contributed by atoms with Crippen molar-refractivity contribution in [3.63, 3.8) is 0 Å². The topological polar surface area (TPSA) is 98.9 Å². The van der Waals surface area contributed by atoms with Crippen molar-refractivity contribution in [3.8, 4) is 5.75 Å². The molecule has 0 fully saturated rings. The van der Waals surface area contributed by atoms with E-state index in [1.54, 1.807) is 44.4 Å². The Morgan fingerprint density at radius 1 is 0.971 bits per heavy atom. The lowest BCUT2D eigenvalue weighted by Crippen LogP contribution is -2.30. The summed E-state index contributed by atoms with van der Waals surface area (Å²) in [5, 5.41) is 3.75. The van der Waals surface area contributed by atoms with Gasteiger partial charge >= 0.3 is 5.97 Å². The average molecular weight is 493 g/mol. The van der Waals surface area contributed by atoms with Gasteiger partial charge in [0.1, 0.15) is 5.75 Å². The van der Waals surface area contributed by atoms with Crippen LogP contribution in [0.25, 0.3) is 0 Å². The molecule has 0 saturated carbocycles. The Kier molecular flexibility index (Phi) is 7.17. The van der Waals surface area contributed by atoms with Crippen LogP contribution in [0.15, 0.2) is 94.3 Å². The lowest BCUT2D eigenvalue weighted by Gasteiger charge is -2.25. The predicted molar refractivity (Wildman–Crippen MR) is 130 cm³/mol. The van der Waals surface area contributed by atoms with Crippen molar-refractivity contribution in [2.24, 2.45) is 0 Å². The van der Waals surface area contributed by atoms with Crippen LogP contribution in [-0.4, -0.2) is 26.7 Å². The van der Waals surface area contributed by atoms with Crippen LogP contribution in [0.5, 0.6) is 5.75 Å². The SMILES string of the molecule is COc1ccc(N(Cc2ccccc2)S(=O)(=O)c2cccc(C(=O)OCc3cc(C)no3)c2)cc1. The molecule has 8 nitrogen and oxygen atoms in total. The number of aryl methyl sites for hydroxylation is 1. The van der Waals surface area contributed by atoms with Gasteiger partial charge in [0.05, 0.1) is 35.5 Å². The summed E-state index contributed by atoms with van der Waals surface area (Å²) >= 11 is 0. The standard InChI is InChI=1S/C26H24N2O6S/c1-19-15-24(34-27-19)18-33-26(29)21-9-6-10-25(16-21)35(30,31)28(17-20-7-4-3-5-8-20)22-11-13-23(32-2)14-12-22/h3-16H,17-18H2,1-2H3. The minimum absolute atomic E-state index is 0.0331. The van der Waals surface area contributed by atoms with Crippen LogP contribution in [0, 0.1) is 6.92 Å². The summed E-state index contributed by atoms with van der Waals surface area (Å²) in [4.78, 5) is 12.6. The van der Waals surface area contributed by atoms with Gasteiger partial charge in [-0.3, -0.25) is 4.31 Å². The van der Waals surface area contributed by atoms with E-state index < -0.39 is 16.0 Å². The van der Waals surface area contributed by atoms with Gasteiger partial charge in [-0.15, -0.1) is 0 Å². The minimum Gasteiger partial charge on any atom is -0.497 e. The molecule has 0 aliphatic rings. The molecule has 0 atom stereocenters. The molecule has 0 amide bonds. The fourth-order valence-electron chi connectivity index (χ4n) is 3.43. The summed E-state index contributed by atoms with van der Waals surface area (Å²) < 4.78 is 44.3. The van der Waals surface area contributed by atoms with E-state index in [4.69, 9.17) is 14.0 Å². The van der Waals surface area contributed by atoms with Crippen LogP contribution >= 0.6 is 0 Å². The molecule has 0 N–H and O–H groups in total. The molecule has 3 aromatic carbocycles. The molecule has 0 saturated heterocycles. The number of aromatic nitrogens is 1. The highest BCUT2D eigenvalue weighted by Gasteiger charge is 2.26. The summed E-state index contributed by atoms with van der Waals surface area (Å²) in [5.41, 5.74) is 2.05. The third-order valence-electron chi connectivity index (χ3n) is 5.21. The summed E-state index contributed by atoms with van der Waals surface area (Å²) in [6.07, 6.45) is 0. The number of anilines is 1. The first-order chi connectivity index (χ1) is 16.9. The molecule has 4 rings (SSSR count). The van der Waals surface area contributed by atoms with Gasteiger partial charge in [0.15, 0.2) is 12.4 Å². The van der Waals surface area contributed by atoms with Crippen LogP contribution < -0.4 is 9.04 Å². The summed E-state index contributed by atoms with van der Waals surface area (Å²) in [7, 11) is -2.49. The van der Waals surface area contributed by atoms with Gasteiger partial charge in [-0.05, 0) is 55.0 Å². The number of rotatable bonds is 9. The highest BCUT2D eigenvalue weighted by molar-refractivity contribution is 7.92. The van der Waals surface area contributed by atoms with E-state index in [0.29, 0.717) is 22.9 Å². The molecular formula is C26H24N2O6S. The average Bonchev–Trinajstić information content (AvgIpc) is 3.31. The molecule has 0 spiro atoms. The number of carbonyl (C=O) groups is 1. The number of esters is 1. The first-order valence-corrected chi connectivity index (χ1v) is 12.2. The molecular weight excluding hydrogens is 468 g/mol. The Bertz CT molecular complexity index is 1400. The van der Waals surface area contributed by atoms with E-state index in [1.807, 2.05) is 30.3 Å². The second-order valence-corrected chi connectivity index (χ2v) is 9.60. The third kappa shape index (κ3) is 5.70. The van der Waals surface area contributed by atoms with Crippen molar-refractivity contribution in [1.29, 1.82) is 0 Å². The Balaban J connectivity index is 1.63. The lowest BCUT2D eigenvalue weighted by molar-refractivity contribution is 0.0437. The van der Waals surface area contributed by atoms with Crippen molar-refractivity contribution in [2.75, 3.05) is 11.4 Å². The number of carbonyl (C=O) groups excluding carboxylic acids is 1. The normalized spacial score (nSPS) is 11.1. The summed E-state index contributed by atoms with van der Waals surface area (Å²) in [6, 6.07) is 23.4. The van der Waals surface area contributed by atoms with Crippen LogP contribution in [0.3, 0.4) is 0 Å². The van der Waals surface area contributed by atoms with Gasteiger partial charge < -0.3 is 14.0 Å². The Morgan fingerprint density at radius 2 is 1.71 bits per heavy atom. The van der Waals surface area contributed by atoms with Crippen molar-refractivity contribution < 1.29 is 27.2 Å². The van der Waals surface area contributed by atoms with Gasteiger partial charge in [0.25, 0.3) is 10.0 Å². The van der Waals surface area contributed by atoms with E-state index >= 15 is 0 Å². The largest absolute Gasteiger partial charge is 0.497 e. The van der Waals surface area contributed by atoms with Crippen molar-refractivity contribution in [2.45, 2.75) is 25.0 Å². The Hall–Kier alpha value is -4.11. The molecule has 0 bridgehead atoms. The summed E-state index contributed by atoms with van der Waals surface area (Å²) in [6.45, 7) is 1.75. The predicted octanol–water partition coefficient (Wildman–Crippen LogP) is 4.74. The number of benzene rings is 3. The lowest BCUT2D eigenvalue weighted by atomic mass is 10.2. The monoisotopic (exact) mass is 492 g/mol. The van der Waals surface area contributed by atoms with Crippen molar-refractivity contribution in [3.05, 3.63) is 108 Å². The van der Waals surface area contributed by atoms with Crippen molar-refractivity contribution in [1.82, 2.24) is 5.16 Å². The quantitative estimate of drug-likeness (QED) is 0.311. The molecule has 4 aromatic rings. The number of hydrogen-bond donors (Lipinski definition) is 0. The molecule has 0 aliphatic carbocycles. The zero-order valence-corrected chi connectivity index (χ0v) is 20.1. The number of nitrogens with zero attached hydrogens (tertiary/aromatic N) is 2. The van der Waals surface area contributed by atoms with Crippen LogP contribution in [0.1, 0.15) is 27.4 Å². The Labute approximate surface area is 203 Å². The molecule has 0 aliphatic heterocycles. The first kappa shape index (κ1) is 24.0. The number of methoxy groups -OCH3 is 1. The molecule has 0 unspecified atom stereocenters. The van der Waals surface area contributed by atoms with Gasteiger partial charge in [0.2, 0.25) is 0 Å². The maximum atomic E-state index is 13.8. The molecule has 1 heterocycles. The highest BCUT2D eigenvalue weighted by atomic mass is 32.2. The first-order valence-electron chi connectivity index (χ1n) is 10.8. The summed E-state index contributed by atoms with van der Waals surface area (Å²) in [5.74, 6) is 0.334. The van der Waals surface area contributed by atoms with Crippen LogP contribution in [0.4, 0.5) is 5.69 Å². The second-order valence-electron chi connectivity index (χ2n) is 7.73. The van der Waals surface area contributed by atoms with E-state index in [1.165, 1.54) is 28.6 Å². The van der Waals surface area contributed by atoms with Gasteiger partial charge in [-0.2, -0.15) is 0 Å². The maximum Gasteiger partial charge on any atom is 0.338 e. The fraction of sp³-hybridized carbons (Fsp3) is 0.154.